The van der Waals surface area contributed by atoms with Gasteiger partial charge in [0.05, 0.1) is 11.6 Å². The molecule has 17 heavy (non-hydrogen) atoms. The van der Waals surface area contributed by atoms with Crippen LogP contribution >= 0.6 is 11.6 Å². The van der Waals surface area contributed by atoms with Gasteiger partial charge < -0.3 is 10.0 Å². The van der Waals surface area contributed by atoms with Gasteiger partial charge in [-0.05, 0) is 30.7 Å². The molecule has 4 heteroatoms. The highest BCUT2D eigenvalue weighted by Crippen LogP contribution is 2.39. The molecule has 0 bridgehead atoms. The molecule has 0 radical (unpaired) electrons. The summed E-state index contributed by atoms with van der Waals surface area (Å²) in [5, 5.41) is 9.77. The molecular formula is C13H17ClN2O. The molecule has 3 nitrogen and oxygen atoms in total. The third-order valence-corrected chi connectivity index (χ3v) is 4.48. The average molecular weight is 253 g/mol. The van der Waals surface area contributed by atoms with Crippen molar-refractivity contribution in [3.8, 4) is 0 Å². The van der Waals surface area contributed by atoms with Crippen molar-refractivity contribution in [2.75, 3.05) is 18.0 Å². The van der Waals surface area contributed by atoms with Crippen LogP contribution in [0.3, 0.4) is 0 Å². The first-order chi connectivity index (χ1) is 8.28. The van der Waals surface area contributed by atoms with Gasteiger partial charge in [-0.2, -0.15) is 0 Å². The molecule has 1 N–H and O–H groups in total. The van der Waals surface area contributed by atoms with Crippen molar-refractivity contribution in [2.45, 2.75) is 25.9 Å². The fraction of sp³-hybridized carbons (Fsp3) is 0.615. The van der Waals surface area contributed by atoms with E-state index in [2.05, 4.69) is 9.88 Å². The molecule has 2 atom stereocenters. The minimum atomic E-state index is -0.0188. The Hall–Kier alpha value is -0.800. The summed E-state index contributed by atoms with van der Waals surface area (Å²) >= 11 is 5.96. The Morgan fingerprint density at radius 2 is 2.06 bits per heavy atom. The summed E-state index contributed by atoms with van der Waals surface area (Å²) < 4.78 is 0. The molecule has 3 rings (SSSR count). The van der Waals surface area contributed by atoms with Crippen LogP contribution in [0.25, 0.3) is 0 Å². The van der Waals surface area contributed by atoms with Gasteiger partial charge in [-0.25, -0.2) is 4.98 Å². The van der Waals surface area contributed by atoms with Gasteiger partial charge in [0.15, 0.2) is 0 Å². The zero-order valence-electron chi connectivity index (χ0n) is 9.77. The van der Waals surface area contributed by atoms with Crippen LogP contribution in [0.2, 0.25) is 5.02 Å². The standard InChI is InChI=1S/C13H17ClN2O/c14-12-5-15-13(4-11(12)8-17)16-6-9-2-1-3-10(9)7-16/h4-5,9-10,17H,1-3,6-8H2. The first-order valence-electron chi connectivity index (χ1n) is 6.28. The number of pyridine rings is 1. The Morgan fingerprint density at radius 3 is 2.71 bits per heavy atom. The van der Waals surface area contributed by atoms with Gasteiger partial charge in [0.2, 0.25) is 0 Å². The predicted molar refractivity (Wildman–Crippen MR) is 68.2 cm³/mol. The molecule has 2 aliphatic rings. The lowest BCUT2D eigenvalue weighted by Crippen LogP contribution is -2.22. The summed E-state index contributed by atoms with van der Waals surface area (Å²) in [6.45, 7) is 2.21. The fourth-order valence-corrected chi connectivity index (χ4v) is 3.35. The molecule has 1 saturated heterocycles. The second-order valence-corrected chi connectivity index (χ2v) is 5.56. The van der Waals surface area contributed by atoms with Crippen LogP contribution in [0.15, 0.2) is 12.3 Å². The van der Waals surface area contributed by atoms with E-state index in [1.807, 2.05) is 6.07 Å². The second kappa shape index (κ2) is 4.46. The van der Waals surface area contributed by atoms with Crippen LogP contribution in [-0.2, 0) is 6.61 Å². The number of aliphatic hydroxyl groups is 1. The Kier molecular flexibility index (Phi) is 2.97. The van der Waals surface area contributed by atoms with Crippen LogP contribution in [-0.4, -0.2) is 23.2 Å². The van der Waals surface area contributed by atoms with Gasteiger partial charge in [-0.3, -0.25) is 0 Å². The number of hydrogen-bond donors (Lipinski definition) is 1. The largest absolute Gasteiger partial charge is 0.392 e. The van der Waals surface area contributed by atoms with Crippen molar-refractivity contribution in [2.24, 2.45) is 11.8 Å². The first kappa shape index (κ1) is 11.3. The highest BCUT2D eigenvalue weighted by Gasteiger charge is 2.36. The summed E-state index contributed by atoms with van der Waals surface area (Å²) in [5.41, 5.74) is 0.772. The van der Waals surface area contributed by atoms with Crippen molar-refractivity contribution in [1.29, 1.82) is 0 Å². The Bertz CT molecular complexity index is 412. The van der Waals surface area contributed by atoms with Crippen LogP contribution in [0.1, 0.15) is 24.8 Å². The zero-order chi connectivity index (χ0) is 11.8. The SMILES string of the molecule is OCc1cc(N2CC3CCCC3C2)ncc1Cl. The molecule has 1 aliphatic carbocycles. The smallest absolute Gasteiger partial charge is 0.128 e. The van der Waals surface area contributed by atoms with E-state index < -0.39 is 0 Å². The number of hydrogen-bond acceptors (Lipinski definition) is 3. The van der Waals surface area contributed by atoms with Crippen molar-refractivity contribution in [3.05, 3.63) is 22.8 Å². The first-order valence-corrected chi connectivity index (χ1v) is 6.66. The maximum Gasteiger partial charge on any atom is 0.128 e. The van der Waals surface area contributed by atoms with Gasteiger partial charge in [0.25, 0.3) is 0 Å². The third kappa shape index (κ3) is 2.02. The Labute approximate surface area is 106 Å². The summed E-state index contributed by atoms with van der Waals surface area (Å²) in [4.78, 5) is 6.72. The summed E-state index contributed by atoms with van der Waals surface area (Å²) in [6, 6.07) is 1.92. The lowest BCUT2D eigenvalue weighted by Gasteiger charge is -2.19. The van der Waals surface area contributed by atoms with E-state index in [4.69, 9.17) is 11.6 Å². The molecule has 2 unspecified atom stereocenters. The molecule has 0 aromatic carbocycles. The predicted octanol–water partition coefficient (Wildman–Crippen LogP) is 2.46. The summed E-state index contributed by atoms with van der Waals surface area (Å²) in [5.74, 6) is 2.67. The van der Waals surface area contributed by atoms with Gasteiger partial charge in [0, 0.05) is 24.8 Å². The van der Waals surface area contributed by atoms with E-state index in [1.165, 1.54) is 19.3 Å². The van der Waals surface area contributed by atoms with Crippen LogP contribution in [0.5, 0.6) is 0 Å². The number of halogens is 1. The Morgan fingerprint density at radius 1 is 1.35 bits per heavy atom. The van der Waals surface area contributed by atoms with Gasteiger partial charge in [-0.1, -0.05) is 18.0 Å². The van der Waals surface area contributed by atoms with Gasteiger partial charge in [0.1, 0.15) is 5.82 Å². The molecule has 0 amide bonds. The van der Waals surface area contributed by atoms with Crippen LogP contribution in [0, 0.1) is 11.8 Å². The topological polar surface area (TPSA) is 36.4 Å². The number of aliphatic hydroxyl groups excluding tert-OH is 1. The van der Waals surface area contributed by atoms with Gasteiger partial charge >= 0.3 is 0 Å². The van der Waals surface area contributed by atoms with Crippen molar-refractivity contribution < 1.29 is 5.11 Å². The second-order valence-electron chi connectivity index (χ2n) is 5.15. The summed E-state index contributed by atoms with van der Waals surface area (Å²) in [6.07, 6.45) is 5.76. The Balaban J connectivity index is 1.81. The highest BCUT2D eigenvalue weighted by molar-refractivity contribution is 6.31. The van der Waals surface area contributed by atoms with E-state index in [9.17, 15) is 5.11 Å². The quantitative estimate of drug-likeness (QED) is 0.879. The maximum absolute atomic E-state index is 9.22. The molecule has 2 fully saturated rings. The molecule has 1 aromatic rings. The number of fused-ring (bicyclic) bond motifs is 1. The lowest BCUT2D eigenvalue weighted by atomic mass is 10.0. The van der Waals surface area contributed by atoms with E-state index in [1.54, 1.807) is 6.20 Å². The van der Waals surface area contributed by atoms with Crippen molar-refractivity contribution in [1.82, 2.24) is 4.98 Å². The number of nitrogens with zero attached hydrogens (tertiary/aromatic N) is 2. The lowest BCUT2D eigenvalue weighted by molar-refractivity contribution is 0.282. The van der Waals surface area contributed by atoms with Gasteiger partial charge in [-0.15, -0.1) is 0 Å². The normalized spacial score (nSPS) is 27.5. The minimum absolute atomic E-state index is 0.0188. The zero-order valence-corrected chi connectivity index (χ0v) is 10.5. The van der Waals surface area contributed by atoms with E-state index >= 15 is 0 Å². The van der Waals surface area contributed by atoms with Crippen LogP contribution in [0.4, 0.5) is 5.82 Å². The maximum atomic E-state index is 9.22. The molecular weight excluding hydrogens is 236 g/mol. The molecule has 1 saturated carbocycles. The molecule has 1 aliphatic heterocycles. The van der Waals surface area contributed by atoms with E-state index in [0.29, 0.717) is 5.02 Å². The minimum Gasteiger partial charge on any atom is -0.392 e. The van der Waals surface area contributed by atoms with E-state index in [0.717, 1.165) is 36.3 Å². The third-order valence-electron chi connectivity index (χ3n) is 4.14. The molecule has 2 heterocycles. The highest BCUT2D eigenvalue weighted by atomic mass is 35.5. The number of rotatable bonds is 2. The van der Waals surface area contributed by atoms with Crippen LogP contribution < -0.4 is 4.90 Å². The molecule has 92 valence electrons. The number of anilines is 1. The molecule has 1 aromatic heterocycles. The average Bonchev–Trinajstić information content (AvgIpc) is 2.90. The van der Waals surface area contributed by atoms with Crippen molar-refractivity contribution in [3.63, 3.8) is 0 Å². The monoisotopic (exact) mass is 252 g/mol. The molecule has 0 spiro atoms. The number of aromatic nitrogens is 1. The fourth-order valence-electron chi connectivity index (χ4n) is 3.18. The van der Waals surface area contributed by atoms with E-state index in [-0.39, 0.29) is 6.61 Å². The van der Waals surface area contributed by atoms with Crippen molar-refractivity contribution >= 4 is 17.4 Å². The summed E-state index contributed by atoms with van der Waals surface area (Å²) in [7, 11) is 0.